The van der Waals surface area contributed by atoms with Gasteiger partial charge in [0.2, 0.25) is 5.91 Å². The summed E-state index contributed by atoms with van der Waals surface area (Å²) in [5.41, 5.74) is -0.656. The number of alkyl halides is 1. The van der Waals surface area contributed by atoms with Crippen LogP contribution in [0.3, 0.4) is 0 Å². The molecule has 0 bridgehead atoms. The van der Waals surface area contributed by atoms with Crippen LogP contribution in [0.15, 0.2) is 0 Å². The lowest BCUT2D eigenvalue weighted by atomic mass is 10.2. The Labute approximate surface area is 107 Å². The molecule has 1 heterocycles. The first-order chi connectivity index (χ1) is 8.11. The van der Waals surface area contributed by atoms with Crippen molar-refractivity contribution in [2.75, 3.05) is 20.6 Å². The van der Waals surface area contributed by atoms with Crippen molar-refractivity contribution in [2.24, 2.45) is 0 Å². The van der Waals surface area contributed by atoms with E-state index in [0.29, 0.717) is 0 Å². The Kier molecular flexibility index (Phi) is 4.19. The first-order valence-electron chi connectivity index (χ1n) is 5.96. The Bertz CT molecular complexity index is 339. The highest BCUT2D eigenvalue weighted by molar-refractivity contribution is 5.86. The molecule has 0 spiro atoms. The molecule has 6 heteroatoms. The quantitative estimate of drug-likeness (QED) is 0.716. The molecule has 1 rings (SSSR count). The van der Waals surface area contributed by atoms with Crippen LogP contribution in [0, 0.1) is 0 Å². The maximum absolute atomic E-state index is 13.4. The second-order valence-corrected chi connectivity index (χ2v) is 5.71. The van der Waals surface area contributed by atoms with Crippen molar-refractivity contribution in [3.63, 3.8) is 0 Å². The Morgan fingerprint density at radius 3 is 2.33 bits per heavy atom. The molecule has 0 saturated carbocycles. The van der Waals surface area contributed by atoms with Gasteiger partial charge in [-0.2, -0.15) is 0 Å². The van der Waals surface area contributed by atoms with Crippen LogP contribution in [0.5, 0.6) is 0 Å². The fourth-order valence-corrected chi connectivity index (χ4v) is 1.84. The molecule has 0 unspecified atom stereocenters. The number of likely N-dealkylation sites (N-methyl/N-ethyl adjacent to an activating group) is 1. The van der Waals surface area contributed by atoms with Crippen LogP contribution in [-0.4, -0.2) is 60.3 Å². The summed E-state index contributed by atoms with van der Waals surface area (Å²) in [4.78, 5) is 26.3. The van der Waals surface area contributed by atoms with E-state index in [1.165, 1.54) is 9.80 Å². The molecule has 0 aromatic heterocycles. The molecule has 0 aromatic carbocycles. The van der Waals surface area contributed by atoms with Crippen LogP contribution in [-0.2, 0) is 9.53 Å². The average molecular weight is 260 g/mol. The number of ether oxygens (including phenoxy) is 1. The molecule has 2 amide bonds. The third kappa shape index (κ3) is 3.58. The van der Waals surface area contributed by atoms with E-state index in [1.54, 1.807) is 34.9 Å². The molecule has 0 aliphatic carbocycles. The van der Waals surface area contributed by atoms with E-state index in [0.717, 1.165) is 0 Å². The van der Waals surface area contributed by atoms with E-state index in [-0.39, 0.29) is 18.9 Å². The van der Waals surface area contributed by atoms with E-state index in [4.69, 9.17) is 4.74 Å². The van der Waals surface area contributed by atoms with Gasteiger partial charge in [0.1, 0.15) is 17.8 Å². The van der Waals surface area contributed by atoms with E-state index >= 15 is 0 Å². The molecule has 1 aliphatic rings. The summed E-state index contributed by atoms with van der Waals surface area (Å²) in [6.07, 6.45) is -1.77. The molecule has 5 nitrogen and oxygen atoms in total. The Morgan fingerprint density at radius 1 is 1.33 bits per heavy atom. The largest absolute Gasteiger partial charge is 0.444 e. The van der Waals surface area contributed by atoms with Gasteiger partial charge in [-0.25, -0.2) is 9.18 Å². The number of carbonyl (C=O) groups excluding carboxylic acids is 2. The minimum absolute atomic E-state index is 0.0380. The lowest BCUT2D eigenvalue weighted by Crippen LogP contribution is -2.47. The van der Waals surface area contributed by atoms with Gasteiger partial charge in [-0.15, -0.1) is 0 Å². The lowest BCUT2D eigenvalue weighted by molar-refractivity contribution is -0.133. The number of rotatable bonds is 1. The number of nitrogens with zero attached hydrogens (tertiary/aromatic N) is 2. The van der Waals surface area contributed by atoms with E-state index in [2.05, 4.69) is 0 Å². The second kappa shape index (κ2) is 5.12. The molecule has 0 N–H and O–H groups in total. The van der Waals surface area contributed by atoms with Crippen LogP contribution in [0.1, 0.15) is 27.2 Å². The fourth-order valence-electron chi connectivity index (χ4n) is 1.84. The summed E-state index contributed by atoms with van der Waals surface area (Å²) in [5, 5.41) is 0. The average Bonchev–Trinajstić information content (AvgIpc) is 2.56. The Balaban J connectivity index is 2.79. The minimum Gasteiger partial charge on any atom is -0.444 e. The maximum atomic E-state index is 13.4. The number of halogens is 1. The predicted octanol–water partition coefficient (Wildman–Crippen LogP) is 1.42. The van der Waals surface area contributed by atoms with Crippen molar-refractivity contribution in [3.05, 3.63) is 0 Å². The summed E-state index contributed by atoms with van der Waals surface area (Å²) in [5.74, 6) is -0.277. The van der Waals surface area contributed by atoms with Gasteiger partial charge in [0.05, 0.1) is 6.54 Å². The molecule has 0 aromatic rings. The van der Waals surface area contributed by atoms with Gasteiger partial charge < -0.3 is 9.64 Å². The molecule has 104 valence electrons. The second-order valence-electron chi connectivity index (χ2n) is 5.71. The van der Waals surface area contributed by atoms with Gasteiger partial charge in [0.15, 0.2) is 0 Å². The summed E-state index contributed by atoms with van der Waals surface area (Å²) in [6.45, 7) is 5.11. The monoisotopic (exact) mass is 260 g/mol. The summed E-state index contributed by atoms with van der Waals surface area (Å²) < 4.78 is 18.6. The number of amides is 2. The SMILES string of the molecule is CN(C)C(=O)[C@@H]1C[C@H](F)CN1C(=O)OC(C)(C)C. The summed E-state index contributed by atoms with van der Waals surface area (Å²) in [6, 6.07) is -0.759. The molecule has 1 aliphatic heterocycles. The molecule has 0 radical (unpaired) electrons. The zero-order valence-electron chi connectivity index (χ0n) is 11.6. The summed E-state index contributed by atoms with van der Waals surface area (Å²) >= 11 is 0. The van der Waals surface area contributed by atoms with Gasteiger partial charge in [-0.05, 0) is 20.8 Å². The third-order valence-electron chi connectivity index (χ3n) is 2.60. The van der Waals surface area contributed by atoms with Crippen molar-refractivity contribution in [1.29, 1.82) is 0 Å². The molecular weight excluding hydrogens is 239 g/mol. The van der Waals surface area contributed by atoms with Crippen LogP contribution >= 0.6 is 0 Å². The van der Waals surface area contributed by atoms with E-state index < -0.39 is 23.9 Å². The first-order valence-corrected chi connectivity index (χ1v) is 5.96. The maximum Gasteiger partial charge on any atom is 0.411 e. The molecular formula is C12H21FN2O3. The number of carbonyl (C=O) groups is 2. The predicted molar refractivity (Wildman–Crippen MR) is 64.9 cm³/mol. The zero-order valence-corrected chi connectivity index (χ0v) is 11.6. The molecule has 1 fully saturated rings. The highest BCUT2D eigenvalue weighted by Gasteiger charge is 2.42. The van der Waals surface area contributed by atoms with E-state index in [9.17, 15) is 14.0 Å². The number of hydrogen-bond donors (Lipinski definition) is 0. The lowest BCUT2D eigenvalue weighted by Gasteiger charge is -2.28. The first kappa shape index (κ1) is 14.7. The van der Waals surface area contributed by atoms with Crippen LogP contribution < -0.4 is 0 Å². The normalized spacial score (nSPS) is 24.0. The topological polar surface area (TPSA) is 49.9 Å². The number of hydrogen-bond acceptors (Lipinski definition) is 3. The van der Waals surface area contributed by atoms with Crippen molar-refractivity contribution in [2.45, 2.75) is 45.0 Å². The summed E-state index contributed by atoms with van der Waals surface area (Å²) in [7, 11) is 3.17. The van der Waals surface area contributed by atoms with Crippen molar-refractivity contribution < 1.29 is 18.7 Å². The molecule has 1 saturated heterocycles. The minimum atomic E-state index is -1.17. The van der Waals surface area contributed by atoms with Crippen molar-refractivity contribution >= 4 is 12.0 Å². The van der Waals surface area contributed by atoms with Crippen LogP contribution in [0.4, 0.5) is 9.18 Å². The molecule has 18 heavy (non-hydrogen) atoms. The van der Waals surface area contributed by atoms with Crippen molar-refractivity contribution in [1.82, 2.24) is 9.80 Å². The van der Waals surface area contributed by atoms with Gasteiger partial charge in [0.25, 0.3) is 0 Å². The molecule has 2 atom stereocenters. The standard InChI is InChI=1S/C12H21FN2O3/c1-12(2,3)18-11(17)15-7-8(13)6-9(15)10(16)14(4)5/h8-9H,6-7H2,1-5H3/t8-,9-/m0/s1. The van der Waals surface area contributed by atoms with E-state index in [1.807, 2.05) is 0 Å². The Hall–Kier alpha value is -1.33. The van der Waals surface area contributed by atoms with Gasteiger partial charge >= 0.3 is 6.09 Å². The highest BCUT2D eigenvalue weighted by atomic mass is 19.1. The third-order valence-corrected chi connectivity index (χ3v) is 2.60. The smallest absolute Gasteiger partial charge is 0.411 e. The van der Waals surface area contributed by atoms with Gasteiger partial charge in [0, 0.05) is 20.5 Å². The fraction of sp³-hybridized carbons (Fsp3) is 0.833. The highest BCUT2D eigenvalue weighted by Crippen LogP contribution is 2.24. The zero-order chi connectivity index (χ0) is 14.1. The van der Waals surface area contributed by atoms with Gasteiger partial charge in [-0.3, -0.25) is 9.69 Å². The van der Waals surface area contributed by atoms with Crippen molar-refractivity contribution in [3.8, 4) is 0 Å². The Morgan fingerprint density at radius 2 is 1.89 bits per heavy atom. The number of likely N-dealkylation sites (tertiary alicyclic amines) is 1. The van der Waals surface area contributed by atoms with Gasteiger partial charge in [-0.1, -0.05) is 0 Å². The van der Waals surface area contributed by atoms with Crippen LogP contribution in [0.25, 0.3) is 0 Å². The van der Waals surface area contributed by atoms with Crippen LogP contribution in [0.2, 0.25) is 0 Å².